The van der Waals surface area contributed by atoms with Crippen molar-refractivity contribution in [3.63, 3.8) is 0 Å². The number of nitrogens with zero attached hydrogens (tertiary/aromatic N) is 1. The lowest BCUT2D eigenvalue weighted by Crippen LogP contribution is -2.43. The van der Waals surface area contributed by atoms with Crippen LogP contribution in [0.25, 0.3) is 21.8 Å². The lowest BCUT2D eigenvalue weighted by atomic mass is 10.0. The number of esters is 1. The van der Waals surface area contributed by atoms with Crippen LogP contribution in [0.3, 0.4) is 0 Å². The Morgan fingerprint density at radius 3 is 2.71 bits per heavy atom. The molecule has 4 aromatic rings. The molecule has 28 heavy (non-hydrogen) atoms. The molecular formula is C22H19N3O3. The summed E-state index contributed by atoms with van der Waals surface area (Å²) in [6.07, 6.45) is 2.16. The van der Waals surface area contributed by atoms with Crippen LogP contribution in [-0.2, 0) is 16.0 Å². The predicted octanol–water partition coefficient (Wildman–Crippen LogP) is 3.23. The number of H-pyrrole nitrogens is 1. The number of benzene rings is 2. The quantitative estimate of drug-likeness (QED) is 0.526. The van der Waals surface area contributed by atoms with Crippen molar-refractivity contribution in [1.82, 2.24) is 15.3 Å². The zero-order chi connectivity index (χ0) is 19.5. The molecule has 0 aliphatic carbocycles. The van der Waals surface area contributed by atoms with Crippen LogP contribution in [-0.4, -0.2) is 35.0 Å². The van der Waals surface area contributed by atoms with E-state index in [-0.39, 0.29) is 5.69 Å². The van der Waals surface area contributed by atoms with Crippen LogP contribution < -0.4 is 5.32 Å². The van der Waals surface area contributed by atoms with E-state index >= 15 is 0 Å². The molecule has 2 heterocycles. The number of fused-ring (bicyclic) bond motifs is 2. The third kappa shape index (κ3) is 3.44. The summed E-state index contributed by atoms with van der Waals surface area (Å²) in [6, 6.07) is 18.0. The number of carbonyl (C=O) groups is 2. The third-order valence-corrected chi connectivity index (χ3v) is 4.72. The van der Waals surface area contributed by atoms with Crippen LogP contribution in [0.1, 0.15) is 16.1 Å². The fourth-order valence-electron chi connectivity index (χ4n) is 3.28. The fraction of sp³-hybridized carbons (Fsp3) is 0.136. The predicted molar refractivity (Wildman–Crippen MR) is 107 cm³/mol. The molecule has 0 fully saturated rings. The summed E-state index contributed by atoms with van der Waals surface area (Å²) in [6.45, 7) is 0. The molecule has 4 rings (SSSR count). The van der Waals surface area contributed by atoms with Crippen molar-refractivity contribution in [3.05, 3.63) is 78.1 Å². The zero-order valence-corrected chi connectivity index (χ0v) is 15.3. The molecule has 0 spiro atoms. The Bertz CT molecular complexity index is 1170. The second kappa shape index (κ2) is 7.52. The van der Waals surface area contributed by atoms with Crippen molar-refractivity contribution in [1.29, 1.82) is 0 Å². The molecular weight excluding hydrogens is 354 g/mol. The standard InChI is InChI=1S/C22H19N3O3/c1-28-22(27)20(12-15-13-23-18-9-5-3-7-16(15)18)25-21(26)19-11-10-14-6-2-4-8-17(14)24-19/h2-11,13,20,23H,12H2,1H3,(H,25,26). The first-order valence-electron chi connectivity index (χ1n) is 8.95. The Morgan fingerprint density at radius 2 is 1.86 bits per heavy atom. The van der Waals surface area contributed by atoms with Crippen LogP contribution in [0.4, 0.5) is 0 Å². The maximum atomic E-state index is 12.7. The smallest absolute Gasteiger partial charge is 0.328 e. The molecule has 1 unspecified atom stereocenters. The van der Waals surface area contributed by atoms with Gasteiger partial charge in [0.1, 0.15) is 11.7 Å². The number of rotatable bonds is 5. The number of hydrogen-bond acceptors (Lipinski definition) is 4. The Morgan fingerprint density at radius 1 is 1.07 bits per heavy atom. The molecule has 1 atom stereocenters. The van der Waals surface area contributed by atoms with E-state index in [1.165, 1.54) is 7.11 Å². The van der Waals surface area contributed by atoms with E-state index < -0.39 is 17.9 Å². The Kier molecular flexibility index (Phi) is 4.76. The molecule has 2 aromatic heterocycles. The summed E-state index contributed by atoms with van der Waals surface area (Å²) in [4.78, 5) is 32.6. The number of ether oxygens (including phenoxy) is 1. The van der Waals surface area contributed by atoms with Gasteiger partial charge in [0, 0.05) is 28.9 Å². The highest BCUT2D eigenvalue weighted by Gasteiger charge is 2.24. The highest BCUT2D eigenvalue weighted by Crippen LogP contribution is 2.19. The van der Waals surface area contributed by atoms with Crippen molar-refractivity contribution in [2.24, 2.45) is 0 Å². The van der Waals surface area contributed by atoms with Gasteiger partial charge in [0.25, 0.3) is 5.91 Å². The van der Waals surface area contributed by atoms with Gasteiger partial charge in [-0.3, -0.25) is 4.79 Å². The largest absolute Gasteiger partial charge is 0.467 e. The SMILES string of the molecule is COC(=O)C(Cc1c[nH]c2ccccc12)NC(=O)c1ccc2ccccc2n1. The van der Waals surface area contributed by atoms with Gasteiger partial charge < -0.3 is 15.0 Å². The van der Waals surface area contributed by atoms with Crippen molar-refractivity contribution < 1.29 is 14.3 Å². The summed E-state index contributed by atoms with van der Waals surface area (Å²) in [5.74, 6) is -0.916. The third-order valence-electron chi connectivity index (χ3n) is 4.72. The first-order valence-corrected chi connectivity index (χ1v) is 8.95. The number of pyridine rings is 1. The van der Waals surface area contributed by atoms with Crippen molar-refractivity contribution >= 4 is 33.7 Å². The molecule has 2 aromatic carbocycles. The molecule has 0 bridgehead atoms. The van der Waals surface area contributed by atoms with Crippen LogP contribution >= 0.6 is 0 Å². The fourth-order valence-corrected chi connectivity index (χ4v) is 3.28. The first kappa shape index (κ1) is 17.7. The molecule has 0 aliphatic heterocycles. The Labute approximate surface area is 161 Å². The summed E-state index contributed by atoms with van der Waals surface area (Å²) in [7, 11) is 1.31. The molecule has 0 saturated heterocycles. The van der Waals surface area contributed by atoms with Gasteiger partial charge in [-0.15, -0.1) is 0 Å². The lowest BCUT2D eigenvalue weighted by Gasteiger charge is -2.16. The molecule has 0 radical (unpaired) electrons. The van der Waals surface area contributed by atoms with E-state index in [1.54, 1.807) is 6.07 Å². The van der Waals surface area contributed by atoms with Gasteiger partial charge in [-0.1, -0.05) is 42.5 Å². The number of aromatic nitrogens is 2. The monoisotopic (exact) mass is 373 g/mol. The van der Waals surface area contributed by atoms with Crippen LogP contribution in [0.5, 0.6) is 0 Å². The number of carbonyl (C=O) groups excluding carboxylic acids is 2. The minimum Gasteiger partial charge on any atom is -0.467 e. The van der Waals surface area contributed by atoms with Gasteiger partial charge >= 0.3 is 5.97 Å². The van der Waals surface area contributed by atoms with E-state index in [9.17, 15) is 9.59 Å². The van der Waals surface area contributed by atoms with Gasteiger partial charge in [-0.05, 0) is 23.8 Å². The normalized spacial score (nSPS) is 12.0. The molecule has 140 valence electrons. The van der Waals surface area contributed by atoms with Crippen molar-refractivity contribution in [3.8, 4) is 0 Å². The molecule has 0 aliphatic rings. The van der Waals surface area contributed by atoms with Gasteiger partial charge in [-0.25, -0.2) is 9.78 Å². The van der Waals surface area contributed by atoms with Gasteiger partial charge in [-0.2, -0.15) is 0 Å². The Hall–Kier alpha value is -3.67. The summed E-state index contributed by atoms with van der Waals surface area (Å²) in [5, 5.41) is 4.72. The number of para-hydroxylation sites is 2. The highest BCUT2D eigenvalue weighted by molar-refractivity contribution is 5.97. The molecule has 1 amide bonds. The summed E-state index contributed by atoms with van der Waals surface area (Å²) >= 11 is 0. The average molecular weight is 373 g/mol. The zero-order valence-electron chi connectivity index (χ0n) is 15.3. The van der Waals surface area contributed by atoms with E-state index in [2.05, 4.69) is 15.3 Å². The van der Waals surface area contributed by atoms with Crippen molar-refractivity contribution in [2.75, 3.05) is 7.11 Å². The summed E-state index contributed by atoms with van der Waals surface area (Å²) in [5.41, 5.74) is 2.88. The Balaban J connectivity index is 1.58. The number of aromatic amines is 1. The van der Waals surface area contributed by atoms with Crippen molar-refractivity contribution in [2.45, 2.75) is 12.5 Å². The lowest BCUT2D eigenvalue weighted by molar-refractivity contribution is -0.142. The maximum absolute atomic E-state index is 12.7. The molecule has 6 nitrogen and oxygen atoms in total. The van der Waals surface area contributed by atoms with Gasteiger partial charge in [0.05, 0.1) is 12.6 Å². The minimum absolute atomic E-state index is 0.256. The van der Waals surface area contributed by atoms with E-state index in [1.807, 2.05) is 60.8 Å². The second-order valence-corrected chi connectivity index (χ2v) is 6.50. The topological polar surface area (TPSA) is 84.1 Å². The number of hydrogen-bond donors (Lipinski definition) is 2. The number of amides is 1. The van der Waals surface area contributed by atoms with E-state index in [0.29, 0.717) is 6.42 Å². The second-order valence-electron chi connectivity index (χ2n) is 6.50. The first-order chi connectivity index (χ1) is 13.7. The maximum Gasteiger partial charge on any atom is 0.328 e. The van der Waals surface area contributed by atoms with Gasteiger partial charge in [0.15, 0.2) is 0 Å². The molecule has 2 N–H and O–H groups in total. The number of methoxy groups -OCH3 is 1. The minimum atomic E-state index is -0.815. The van der Waals surface area contributed by atoms with Crippen LogP contribution in [0.2, 0.25) is 0 Å². The number of nitrogens with one attached hydrogen (secondary N) is 2. The van der Waals surface area contributed by atoms with E-state index in [4.69, 9.17) is 4.74 Å². The van der Waals surface area contributed by atoms with Gasteiger partial charge in [0.2, 0.25) is 0 Å². The average Bonchev–Trinajstić information content (AvgIpc) is 3.15. The van der Waals surface area contributed by atoms with Crippen LogP contribution in [0, 0.1) is 0 Å². The van der Waals surface area contributed by atoms with E-state index in [0.717, 1.165) is 27.4 Å². The van der Waals surface area contributed by atoms with Crippen LogP contribution in [0.15, 0.2) is 66.9 Å². The summed E-state index contributed by atoms with van der Waals surface area (Å²) < 4.78 is 4.90. The molecule has 0 saturated carbocycles. The highest BCUT2D eigenvalue weighted by atomic mass is 16.5. The molecule has 6 heteroatoms.